The number of aryl methyl sites for hydroxylation is 2. The quantitative estimate of drug-likeness (QED) is 0.270. The van der Waals surface area contributed by atoms with Crippen LogP contribution < -0.4 is 11.1 Å². The van der Waals surface area contributed by atoms with Crippen LogP contribution in [0.1, 0.15) is 42.7 Å². The third-order valence-corrected chi connectivity index (χ3v) is 5.41. The highest BCUT2D eigenvalue weighted by Crippen LogP contribution is 2.24. The number of nitrogens with zero attached hydrogens (tertiary/aromatic N) is 3. The number of nitrogens with one attached hydrogen (secondary N) is 2. The number of hydrogen-bond donors (Lipinski definition) is 3. The molecule has 2 aromatic carbocycles. The summed E-state index contributed by atoms with van der Waals surface area (Å²) in [7, 11) is 1.86. The maximum atomic E-state index is 12.8. The second-order valence-electron chi connectivity index (χ2n) is 8.40. The van der Waals surface area contributed by atoms with E-state index in [1.54, 1.807) is 18.3 Å². The molecule has 1 heterocycles. The van der Waals surface area contributed by atoms with Crippen LogP contribution in [0.25, 0.3) is 11.3 Å². The molecule has 1 aromatic heterocycles. The molecule has 0 amide bonds. The lowest BCUT2D eigenvalue weighted by atomic mass is 9.97. The van der Waals surface area contributed by atoms with Gasteiger partial charge in [0.05, 0.1) is 11.9 Å². The summed E-state index contributed by atoms with van der Waals surface area (Å²) in [5, 5.41) is 11.5. The fourth-order valence-corrected chi connectivity index (χ4v) is 3.47. The van der Waals surface area contributed by atoms with Crippen molar-refractivity contribution in [1.29, 1.82) is 5.41 Å². The molecule has 0 aliphatic rings. The zero-order valence-electron chi connectivity index (χ0n) is 19.1. The number of aromatic nitrogens is 2. The summed E-state index contributed by atoms with van der Waals surface area (Å²) >= 11 is 0. The summed E-state index contributed by atoms with van der Waals surface area (Å²) in [6.07, 6.45) is 3.75. The first kappa shape index (κ1) is 23.2. The van der Waals surface area contributed by atoms with Crippen LogP contribution in [0.15, 0.2) is 48.7 Å². The first-order valence-electron chi connectivity index (χ1n) is 10.8. The van der Waals surface area contributed by atoms with Crippen molar-refractivity contribution in [3.8, 4) is 11.3 Å². The van der Waals surface area contributed by atoms with Crippen molar-refractivity contribution in [2.75, 3.05) is 12.8 Å². The maximum Gasteiger partial charge on any atom is 0.388 e. The van der Waals surface area contributed by atoms with Crippen LogP contribution >= 0.6 is 0 Å². The Hall–Kier alpha value is -3.45. The van der Waals surface area contributed by atoms with Gasteiger partial charge in [-0.2, -0.15) is 0 Å². The molecule has 0 bridgehead atoms. The third-order valence-electron chi connectivity index (χ3n) is 5.41. The normalized spacial score (nSPS) is 11.0. The smallest absolute Gasteiger partial charge is 0.382 e. The minimum Gasteiger partial charge on any atom is -0.382 e. The van der Waals surface area contributed by atoms with Gasteiger partial charge in [-0.25, -0.2) is 9.97 Å². The molecule has 7 heteroatoms. The van der Waals surface area contributed by atoms with Crippen LogP contribution in [0.4, 0.5) is 11.5 Å². The van der Waals surface area contributed by atoms with Crippen LogP contribution in [0.2, 0.25) is 0 Å². The Kier molecular flexibility index (Phi) is 7.43. The lowest BCUT2D eigenvalue weighted by molar-refractivity contribution is -0.331. The van der Waals surface area contributed by atoms with Crippen molar-refractivity contribution < 1.29 is 4.76 Å². The number of nitrogens with two attached hydrogens (primary N) is 1. The molecule has 0 atom stereocenters. The minimum absolute atomic E-state index is 0.0525. The molecule has 3 aromatic rings. The predicted molar refractivity (Wildman–Crippen MR) is 129 cm³/mol. The molecule has 7 nitrogen and oxygen atoms in total. The Morgan fingerprint density at radius 3 is 2.53 bits per heavy atom. The van der Waals surface area contributed by atoms with E-state index >= 15 is 0 Å². The Balaban J connectivity index is 1.85. The number of rotatable bonds is 8. The van der Waals surface area contributed by atoms with Gasteiger partial charge in [0.2, 0.25) is 5.69 Å². The number of benzene rings is 2. The van der Waals surface area contributed by atoms with Crippen LogP contribution in [0, 0.1) is 23.2 Å². The van der Waals surface area contributed by atoms with E-state index < -0.39 is 0 Å². The van der Waals surface area contributed by atoms with E-state index in [-0.39, 0.29) is 17.3 Å². The number of nitrogen functional groups attached to an aromatic ring is 1. The van der Waals surface area contributed by atoms with E-state index in [2.05, 4.69) is 48.2 Å². The highest BCUT2D eigenvalue weighted by atomic mass is 16.3. The van der Waals surface area contributed by atoms with Crippen molar-refractivity contribution in [1.82, 2.24) is 15.3 Å². The first-order chi connectivity index (χ1) is 15.3. The molecule has 0 aliphatic carbocycles. The first-order valence-corrected chi connectivity index (χ1v) is 10.8. The summed E-state index contributed by atoms with van der Waals surface area (Å²) in [6, 6.07) is 13.2. The molecule has 32 heavy (non-hydrogen) atoms. The third kappa shape index (κ3) is 5.42. The van der Waals surface area contributed by atoms with Crippen LogP contribution in [-0.2, 0) is 13.0 Å². The number of amidine groups is 1. The van der Waals surface area contributed by atoms with Gasteiger partial charge in [-0.3, -0.25) is 0 Å². The van der Waals surface area contributed by atoms with Crippen molar-refractivity contribution >= 4 is 17.3 Å². The lowest BCUT2D eigenvalue weighted by Crippen LogP contribution is -2.18. The zero-order valence-corrected chi connectivity index (χ0v) is 19.1. The van der Waals surface area contributed by atoms with Gasteiger partial charge in [-0.05, 0) is 67.6 Å². The Bertz CT molecular complexity index is 1120. The van der Waals surface area contributed by atoms with E-state index in [4.69, 9.17) is 11.1 Å². The molecule has 0 spiro atoms. The Labute approximate surface area is 189 Å². The van der Waals surface area contributed by atoms with Gasteiger partial charge < -0.3 is 11.1 Å². The highest BCUT2D eigenvalue weighted by Gasteiger charge is 2.26. The van der Waals surface area contributed by atoms with Crippen LogP contribution in [0.3, 0.4) is 0 Å². The van der Waals surface area contributed by atoms with Gasteiger partial charge in [0.25, 0.3) is 0 Å². The summed E-state index contributed by atoms with van der Waals surface area (Å²) in [5.41, 5.74) is 11.4. The van der Waals surface area contributed by atoms with E-state index in [1.807, 2.05) is 25.2 Å². The Morgan fingerprint density at radius 1 is 1.19 bits per heavy atom. The lowest BCUT2D eigenvalue weighted by Gasteiger charge is -2.10. The maximum absolute atomic E-state index is 12.8. The molecule has 0 aliphatic heterocycles. The van der Waals surface area contributed by atoms with Crippen molar-refractivity contribution in [3.05, 3.63) is 76.0 Å². The molecular formula is C25H31N6O+. The van der Waals surface area contributed by atoms with Gasteiger partial charge in [0, 0.05) is 16.9 Å². The second-order valence-corrected chi connectivity index (χ2v) is 8.40. The minimum atomic E-state index is -0.344. The van der Waals surface area contributed by atoms with Crippen molar-refractivity contribution in [3.63, 3.8) is 0 Å². The summed E-state index contributed by atoms with van der Waals surface area (Å²) < 4.78 is 0.521. The molecule has 166 valence electrons. The number of hydrogen-bond acceptors (Lipinski definition) is 6. The molecule has 3 rings (SSSR count). The summed E-state index contributed by atoms with van der Waals surface area (Å²) in [5.74, 6) is 0.361. The van der Waals surface area contributed by atoms with Crippen molar-refractivity contribution in [2.24, 2.45) is 5.92 Å². The van der Waals surface area contributed by atoms with Crippen molar-refractivity contribution in [2.45, 2.75) is 40.2 Å². The summed E-state index contributed by atoms with van der Waals surface area (Å²) in [6.45, 7) is 7.23. The van der Waals surface area contributed by atoms with Crippen LogP contribution in [0.5, 0.6) is 0 Å². The molecule has 4 N–H and O–H groups in total. The molecule has 0 saturated carbocycles. The van der Waals surface area contributed by atoms with E-state index in [0.717, 1.165) is 24.0 Å². The van der Waals surface area contributed by atoms with Gasteiger partial charge in [-0.15, -0.1) is 0 Å². The molecule has 0 unspecified atom stereocenters. The van der Waals surface area contributed by atoms with E-state index in [0.29, 0.717) is 28.6 Å². The SMILES string of the molecule is CNCc1ccc([N+](=O)C(=N)c2nc(-c3ccc(CCC(C)C)c(C)c3)cnc2N)cc1. The standard InChI is InChI=1S/C25H31N6O/c1-16(2)5-8-19-9-10-20(13-17(19)3)22-15-29-24(26)23(30-22)25(27)31(32)21-11-6-18(7-12-21)14-28-4/h6-7,9-13,15-16,27-28H,5,8,14H2,1-4H3,(H2,26,29)/q+1. The van der Waals surface area contributed by atoms with Crippen LogP contribution in [-0.4, -0.2) is 27.6 Å². The molecule has 0 radical (unpaired) electrons. The van der Waals surface area contributed by atoms with Gasteiger partial charge in [0.1, 0.15) is 0 Å². The highest BCUT2D eigenvalue weighted by molar-refractivity contribution is 5.94. The van der Waals surface area contributed by atoms with Gasteiger partial charge in [-0.1, -0.05) is 48.4 Å². The number of nitroso groups, excluding NO2 is 1. The average Bonchev–Trinajstić information content (AvgIpc) is 2.78. The zero-order chi connectivity index (χ0) is 23.3. The predicted octanol–water partition coefficient (Wildman–Crippen LogP) is 4.78. The Morgan fingerprint density at radius 2 is 1.91 bits per heavy atom. The fraction of sp³-hybridized carbons (Fsp3) is 0.320. The fourth-order valence-electron chi connectivity index (χ4n) is 3.47. The number of anilines is 1. The topological polar surface area (TPSA) is 108 Å². The molecule has 0 saturated heterocycles. The largest absolute Gasteiger partial charge is 0.388 e. The monoisotopic (exact) mass is 431 g/mol. The van der Waals surface area contributed by atoms with E-state index in [1.165, 1.54) is 11.1 Å². The van der Waals surface area contributed by atoms with Gasteiger partial charge >= 0.3 is 5.84 Å². The molecular weight excluding hydrogens is 400 g/mol. The average molecular weight is 432 g/mol. The van der Waals surface area contributed by atoms with Gasteiger partial charge in [0.15, 0.2) is 11.5 Å². The molecule has 0 fully saturated rings. The second kappa shape index (κ2) is 10.2. The van der Waals surface area contributed by atoms with E-state index in [9.17, 15) is 4.91 Å². The summed E-state index contributed by atoms with van der Waals surface area (Å²) in [4.78, 5) is 21.5.